The van der Waals surface area contributed by atoms with Crippen molar-refractivity contribution < 1.29 is 9.90 Å². The van der Waals surface area contributed by atoms with E-state index in [4.69, 9.17) is 0 Å². The van der Waals surface area contributed by atoms with Crippen molar-refractivity contribution in [3.63, 3.8) is 0 Å². The van der Waals surface area contributed by atoms with Crippen LogP contribution in [-0.4, -0.2) is 16.3 Å². The van der Waals surface area contributed by atoms with Gasteiger partial charge < -0.3 is 5.11 Å². The average molecular weight is 194 g/mol. The van der Waals surface area contributed by atoms with E-state index >= 15 is 0 Å². The highest BCUT2D eigenvalue weighted by atomic mass is 31.1. The van der Waals surface area contributed by atoms with E-state index in [0.29, 0.717) is 14.2 Å². The van der Waals surface area contributed by atoms with Crippen LogP contribution in [-0.2, 0) is 6.42 Å². The molecule has 1 aromatic carbocycles. The van der Waals surface area contributed by atoms with Crippen LogP contribution in [0.15, 0.2) is 18.2 Å². The highest BCUT2D eigenvalue weighted by molar-refractivity contribution is 7.59. The Hall–Kier alpha value is -0.880. The van der Waals surface area contributed by atoms with Crippen LogP contribution in [0, 0.1) is 0 Å². The number of carbonyl (C=O) groups excluding carboxylic acids is 1. The first kappa shape index (κ1) is 8.71. The molecule has 0 aliphatic carbocycles. The van der Waals surface area contributed by atoms with Gasteiger partial charge in [-0.3, -0.25) is 4.79 Å². The predicted octanol–water partition coefficient (Wildman–Crippen LogP) is 2.16. The van der Waals surface area contributed by atoms with Crippen molar-refractivity contribution in [1.82, 2.24) is 0 Å². The summed E-state index contributed by atoms with van der Waals surface area (Å²) in [7, 11) is 0.393. The molecule has 13 heavy (non-hydrogen) atoms. The first-order valence-corrected chi connectivity index (χ1v) is 5.37. The molecule has 3 heteroatoms. The summed E-state index contributed by atoms with van der Waals surface area (Å²) in [6.45, 7) is 2.07. The van der Waals surface area contributed by atoms with Gasteiger partial charge in [-0.25, -0.2) is 0 Å². The molecule has 1 aliphatic rings. The minimum absolute atomic E-state index is 0.230. The highest BCUT2D eigenvalue weighted by Gasteiger charge is 2.21. The van der Waals surface area contributed by atoms with E-state index in [1.165, 1.54) is 0 Å². The third-order valence-corrected chi connectivity index (χ3v) is 3.47. The molecule has 0 aromatic heterocycles. The lowest BCUT2D eigenvalue weighted by Gasteiger charge is -2.20. The summed E-state index contributed by atoms with van der Waals surface area (Å²) in [5.41, 5.74) is 2.46. The Morgan fingerprint density at radius 3 is 3.08 bits per heavy atom. The minimum Gasteiger partial charge on any atom is -0.508 e. The molecule has 1 aromatic rings. The fourth-order valence-corrected chi connectivity index (χ4v) is 2.82. The van der Waals surface area contributed by atoms with Gasteiger partial charge in [0.25, 0.3) is 0 Å². The number of phenolic OH excluding ortho intramolecular Hbond substituents is 1. The summed E-state index contributed by atoms with van der Waals surface area (Å²) < 4.78 is 0. The number of benzene rings is 1. The van der Waals surface area contributed by atoms with Gasteiger partial charge in [0.15, 0.2) is 5.52 Å². The number of fused-ring (bicyclic) bond motifs is 1. The average Bonchev–Trinajstić information content (AvgIpc) is 2.02. The first-order valence-electron chi connectivity index (χ1n) is 4.29. The van der Waals surface area contributed by atoms with Gasteiger partial charge >= 0.3 is 0 Å². The maximum Gasteiger partial charge on any atom is 0.181 e. The maximum atomic E-state index is 11.5. The van der Waals surface area contributed by atoms with Crippen LogP contribution in [0.4, 0.5) is 0 Å². The number of phenols is 1. The lowest BCUT2D eigenvalue weighted by Crippen LogP contribution is -2.13. The van der Waals surface area contributed by atoms with Crippen LogP contribution in [0.5, 0.6) is 5.75 Å². The van der Waals surface area contributed by atoms with Gasteiger partial charge in [-0.15, -0.1) is 0 Å². The van der Waals surface area contributed by atoms with Crippen LogP contribution in [0.2, 0.25) is 0 Å². The summed E-state index contributed by atoms with van der Waals surface area (Å²) in [4.78, 5) is 11.5. The molecule has 1 aliphatic heterocycles. The van der Waals surface area contributed by atoms with Crippen LogP contribution in [0.1, 0.15) is 22.8 Å². The second-order valence-corrected chi connectivity index (χ2v) is 5.15. The molecule has 2 atom stereocenters. The van der Waals surface area contributed by atoms with E-state index in [2.05, 4.69) is 6.92 Å². The van der Waals surface area contributed by atoms with Gasteiger partial charge in [0.05, 0.1) is 0 Å². The number of hydrogen-bond acceptors (Lipinski definition) is 2. The van der Waals surface area contributed by atoms with Crippen molar-refractivity contribution in [2.75, 3.05) is 0 Å². The molecule has 1 N–H and O–H groups in total. The van der Waals surface area contributed by atoms with Gasteiger partial charge in [-0.2, -0.15) is 0 Å². The van der Waals surface area contributed by atoms with E-state index in [1.807, 2.05) is 0 Å². The molecule has 0 fully saturated rings. The Morgan fingerprint density at radius 2 is 2.31 bits per heavy atom. The van der Waals surface area contributed by atoms with E-state index in [0.717, 1.165) is 17.5 Å². The van der Waals surface area contributed by atoms with Crippen molar-refractivity contribution in [2.24, 2.45) is 0 Å². The largest absolute Gasteiger partial charge is 0.508 e. The second kappa shape index (κ2) is 3.12. The van der Waals surface area contributed by atoms with Gasteiger partial charge in [0.1, 0.15) is 5.75 Å². The summed E-state index contributed by atoms with van der Waals surface area (Å²) in [6.07, 6.45) is 0.911. The molecule has 2 unspecified atom stereocenters. The van der Waals surface area contributed by atoms with Crippen LogP contribution >= 0.6 is 8.58 Å². The Kier molecular flexibility index (Phi) is 2.09. The van der Waals surface area contributed by atoms with Crippen LogP contribution in [0.3, 0.4) is 0 Å². The lowest BCUT2D eigenvalue weighted by molar-refractivity contribution is 0.108. The molecule has 68 valence electrons. The normalized spacial score (nSPS) is 23.2. The maximum absolute atomic E-state index is 11.5. The smallest absolute Gasteiger partial charge is 0.181 e. The van der Waals surface area contributed by atoms with Crippen molar-refractivity contribution in [1.29, 1.82) is 0 Å². The molecule has 0 saturated heterocycles. The molecule has 2 rings (SSSR count). The Labute approximate surface area is 78.8 Å². The molecule has 0 saturated carbocycles. The number of rotatable bonds is 0. The second-order valence-electron chi connectivity index (χ2n) is 3.42. The number of carbonyl (C=O) groups is 1. The predicted molar refractivity (Wildman–Crippen MR) is 53.9 cm³/mol. The van der Waals surface area contributed by atoms with E-state index in [1.54, 1.807) is 18.2 Å². The first-order chi connectivity index (χ1) is 6.16. The number of hydrogen-bond donors (Lipinski definition) is 1. The molecule has 0 bridgehead atoms. The third kappa shape index (κ3) is 1.59. The van der Waals surface area contributed by atoms with E-state index in [9.17, 15) is 9.90 Å². The van der Waals surface area contributed by atoms with Crippen molar-refractivity contribution >= 4 is 14.1 Å². The zero-order chi connectivity index (χ0) is 9.42. The van der Waals surface area contributed by atoms with E-state index in [-0.39, 0.29) is 11.3 Å². The number of aromatic hydroxyl groups is 1. The molecular weight excluding hydrogens is 183 g/mol. The zero-order valence-corrected chi connectivity index (χ0v) is 8.37. The zero-order valence-electron chi connectivity index (χ0n) is 7.37. The Morgan fingerprint density at radius 1 is 1.54 bits per heavy atom. The van der Waals surface area contributed by atoms with Gasteiger partial charge in [0.2, 0.25) is 0 Å². The van der Waals surface area contributed by atoms with Gasteiger partial charge in [-0.05, 0) is 44.4 Å². The summed E-state index contributed by atoms with van der Waals surface area (Å²) >= 11 is 0. The molecule has 0 amide bonds. The highest BCUT2D eigenvalue weighted by Crippen LogP contribution is 2.35. The van der Waals surface area contributed by atoms with Crippen molar-refractivity contribution in [3.05, 3.63) is 29.3 Å². The monoisotopic (exact) mass is 194 g/mol. The Balaban J connectivity index is 2.49. The molecule has 0 spiro atoms. The summed E-state index contributed by atoms with van der Waals surface area (Å²) in [6, 6.07) is 5.01. The lowest BCUT2D eigenvalue weighted by atomic mass is 10.0. The quantitative estimate of drug-likeness (QED) is 0.642. The summed E-state index contributed by atoms with van der Waals surface area (Å²) in [5.74, 6) is 0.254. The fraction of sp³-hybridized carbons (Fsp3) is 0.300. The van der Waals surface area contributed by atoms with Crippen molar-refractivity contribution in [3.8, 4) is 5.75 Å². The Bertz CT molecular complexity index is 360. The van der Waals surface area contributed by atoms with Gasteiger partial charge in [-0.1, -0.05) is 6.92 Å². The van der Waals surface area contributed by atoms with Crippen LogP contribution in [0.25, 0.3) is 0 Å². The van der Waals surface area contributed by atoms with Crippen LogP contribution < -0.4 is 0 Å². The van der Waals surface area contributed by atoms with Crippen molar-refractivity contribution in [2.45, 2.75) is 19.0 Å². The summed E-state index contributed by atoms with van der Waals surface area (Å²) in [5, 5.41) is 9.25. The topological polar surface area (TPSA) is 37.3 Å². The molecule has 1 heterocycles. The molecule has 0 radical (unpaired) electrons. The van der Waals surface area contributed by atoms with E-state index < -0.39 is 0 Å². The molecular formula is C10H11O2P. The minimum atomic E-state index is 0.230. The third-order valence-electron chi connectivity index (χ3n) is 2.24. The molecule has 2 nitrogen and oxygen atoms in total. The fourth-order valence-electron chi connectivity index (χ4n) is 1.65. The van der Waals surface area contributed by atoms with Gasteiger partial charge in [0, 0.05) is 5.56 Å². The SMILES string of the molecule is CC1Cc2cc(O)ccc2C(=O)P1. The standard InChI is InChI=1S/C10H11O2P/c1-6-4-7-5-8(11)2-3-9(7)10(12)13-6/h2-3,5-6,11,13H,4H2,1H3.